The number of anilines is 1. The molecule has 2 aromatic carbocycles. The minimum atomic E-state index is -4.05. The van der Waals surface area contributed by atoms with Crippen molar-refractivity contribution in [2.24, 2.45) is 5.92 Å². The minimum Gasteiger partial charge on any atom is -0.466 e. The second-order valence-corrected chi connectivity index (χ2v) is 10.8. The molecule has 192 valence electrons. The van der Waals surface area contributed by atoms with E-state index in [2.05, 4.69) is 10.0 Å². The number of ether oxygens (including phenoxy) is 1. The summed E-state index contributed by atoms with van der Waals surface area (Å²) in [6.07, 6.45) is 2.16. The number of likely N-dealkylation sites (tertiary alicyclic amines) is 1. The summed E-state index contributed by atoms with van der Waals surface area (Å²) in [5.74, 6) is -1.24. The van der Waals surface area contributed by atoms with Gasteiger partial charge in [-0.2, -0.15) is 4.72 Å². The molecule has 10 heteroatoms. The van der Waals surface area contributed by atoms with Crippen molar-refractivity contribution in [2.75, 3.05) is 25.0 Å². The molecule has 2 amide bonds. The third-order valence-corrected chi connectivity index (χ3v) is 7.98. The first-order valence-corrected chi connectivity index (χ1v) is 13.7. The lowest BCUT2D eigenvalue weighted by atomic mass is 9.97. The zero-order valence-corrected chi connectivity index (χ0v) is 21.1. The summed E-state index contributed by atoms with van der Waals surface area (Å²) >= 11 is 0. The maximum absolute atomic E-state index is 13.6. The van der Waals surface area contributed by atoms with E-state index < -0.39 is 22.0 Å². The third kappa shape index (κ3) is 6.11. The van der Waals surface area contributed by atoms with Crippen molar-refractivity contribution in [1.29, 1.82) is 0 Å². The van der Waals surface area contributed by atoms with Crippen LogP contribution in [0.15, 0.2) is 53.4 Å². The molecule has 2 aliphatic rings. The van der Waals surface area contributed by atoms with E-state index in [4.69, 9.17) is 4.74 Å². The third-order valence-electron chi connectivity index (χ3n) is 6.51. The topological polar surface area (TPSA) is 122 Å². The lowest BCUT2D eigenvalue weighted by molar-refractivity contribution is -0.151. The van der Waals surface area contributed by atoms with Crippen LogP contribution in [0.3, 0.4) is 0 Å². The number of sulfonamides is 1. The van der Waals surface area contributed by atoms with Gasteiger partial charge in [-0.05, 0) is 61.9 Å². The van der Waals surface area contributed by atoms with Crippen molar-refractivity contribution in [1.82, 2.24) is 9.62 Å². The molecular weight excluding hydrogens is 482 g/mol. The average Bonchev–Trinajstić information content (AvgIpc) is 2.88. The van der Waals surface area contributed by atoms with Gasteiger partial charge in [0.1, 0.15) is 6.04 Å². The smallest absolute Gasteiger partial charge is 0.310 e. The van der Waals surface area contributed by atoms with Gasteiger partial charge in [0.2, 0.25) is 21.8 Å². The summed E-state index contributed by atoms with van der Waals surface area (Å²) < 4.78 is 34.5. The highest BCUT2D eigenvalue weighted by Gasteiger charge is 2.35. The molecule has 0 saturated carbocycles. The van der Waals surface area contributed by atoms with E-state index in [1.54, 1.807) is 24.0 Å². The second kappa shape index (κ2) is 11.2. The number of benzene rings is 2. The summed E-state index contributed by atoms with van der Waals surface area (Å²) in [6, 6.07) is 12.7. The van der Waals surface area contributed by atoms with Gasteiger partial charge >= 0.3 is 5.97 Å². The summed E-state index contributed by atoms with van der Waals surface area (Å²) in [6.45, 7) is 2.65. The molecule has 1 saturated heterocycles. The van der Waals surface area contributed by atoms with Gasteiger partial charge in [-0.15, -0.1) is 0 Å². The zero-order chi connectivity index (χ0) is 25.7. The van der Waals surface area contributed by atoms with E-state index in [-0.39, 0.29) is 48.7 Å². The van der Waals surface area contributed by atoms with Crippen molar-refractivity contribution < 1.29 is 27.5 Å². The van der Waals surface area contributed by atoms with Gasteiger partial charge in [0.15, 0.2) is 0 Å². The first-order valence-electron chi connectivity index (χ1n) is 12.2. The predicted octanol–water partition coefficient (Wildman–Crippen LogP) is 2.26. The van der Waals surface area contributed by atoms with E-state index >= 15 is 0 Å². The van der Waals surface area contributed by atoms with Gasteiger partial charge in [-0.25, -0.2) is 8.42 Å². The molecule has 0 bridgehead atoms. The predicted molar refractivity (Wildman–Crippen MR) is 134 cm³/mol. The van der Waals surface area contributed by atoms with E-state index in [0.29, 0.717) is 31.5 Å². The fourth-order valence-electron chi connectivity index (χ4n) is 4.66. The van der Waals surface area contributed by atoms with E-state index in [0.717, 1.165) is 11.1 Å². The van der Waals surface area contributed by atoms with Crippen LogP contribution in [0, 0.1) is 5.92 Å². The molecule has 2 heterocycles. The molecule has 9 nitrogen and oxygen atoms in total. The van der Waals surface area contributed by atoms with Crippen LogP contribution >= 0.6 is 0 Å². The Balaban J connectivity index is 1.57. The number of rotatable bonds is 8. The molecule has 2 N–H and O–H groups in total. The number of hydrogen-bond acceptors (Lipinski definition) is 6. The molecule has 2 aliphatic heterocycles. The zero-order valence-electron chi connectivity index (χ0n) is 20.2. The quantitative estimate of drug-likeness (QED) is 0.522. The molecule has 36 heavy (non-hydrogen) atoms. The summed E-state index contributed by atoms with van der Waals surface area (Å²) in [5, 5.41) is 2.74. The van der Waals surface area contributed by atoms with Crippen LogP contribution in [0.2, 0.25) is 0 Å². The van der Waals surface area contributed by atoms with Crippen molar-refractivity contribution in [3.8, 4) is 0 Å². The maximum atomic E-state index is 13.6. The van der Waals surface area contributed by atoms with Gasteiger partial charge in [0, 0.05) is 25.2 Å². The number of carbonyl (C=O) groups excluding carboxylic acids is 3. The van der Waals surface area contributed by atoms with Crippen LogP contribution in [-0.4, -0.2) is 56.8 Å². The Bertz CT molecular complexity index is 1230. The number of amides is 2. The molecule has 2 atom stereocenters. The molecule has 0 radical (unpaired) electrons. The van der Waals surface area contributed by atoms with Crippen LogP contribution in [0.5, 0.6) is 0 Å². The highest BCUT2D eigenvalue weighted by molar-refractivity contribution is 7.89. The monoisotopic (exact) mass is 513 g/mol. The van der Waals surface area contributed by atoms with Gasteiger partial charge in [0.25, 0.3) is 0 Å². The lowest BCUT2D eigenvalue weighted by Gasteiger charge is -2.34. The molecule has 0 aromatic heterocycles. The summed E-state index contributed by atoms with van der Waals surface area (Å²) in [5.41, 5.74) is 2.14. The maximum Gasteiger partial charge on any atom is 0.310 e. The van der Waals surface area contributed by atoms with Gasteiger partial charge in [-0.1, -0.05) is 30.3 Å². The highest BCUT2D eigenvalue weighted by Crippen LogP contribution is 2.26. The van der Waals surface area contributed by atoms with Gasteiger partial charge < -0.3 is 15.0 Å². The molecule has 0 spiro atoms. The Morgan fingerprint density at radius 1 is 1.17 bits per heavy atom. The fraction of sp³-hybridized carbons (Fsp3) is 0.423. The number of carbonyl (C=O) groups is 3. The minimum absolute atomic E-state index is 0.0336. The van der Waals surface area contributed by atoms with Crippen molar-refractivity contribution in [3.05, 3.63) is 59.7 Å². The summed E-state index contributed by atoms with van der Waals surface area (Å²) in [4.78, 5) is 39.1. The van der Waals surface area contributed by atoms with Crippen molar-refractivity contribution >= 4 is 33.5 Å². The number of esters is 1. The number of nitrogens with one attached hydrogen (secondary N) is 2. The average molecular weight is 514 g/mol. The molecule has 0 unspecified atom stereocenters. The molecule has 4 rings (SSSR count). The van der Waals surface area contributed by atoms with Crippen molar-refractivity contribution in [2.45, 2.75) is 50.0 Å². The van der Waals surface area contributed by atoms with Gasteiger partial charge in [0.05, 0.1) is 17.4 Å². The highest BCUT2D eigenvalue weighted by atomic mass is 32.2. The van der Waals surface area contributed by atoms with E-state index in [1.807, 2.05) is 30.3 Å². The van der Waals surface area contributed by atoms with E-state index in [1.165, 1.54) is 6.07 Å². The lowest BCUT2D eigenvalue weighted by Crippen LogP contribution is -2.53. The Morgan fingerprint density at radius 3 is 2.69 bits per heavy atom. The Morgan fingerprint density at radius 2 is 1.94 bits per heavy atom. The van der Waals surface area contributed by atoms with Crippen LogP contribution in [-0.2, 0) is 42.0 Å². The number of fused-ring (bicyclic) bond motifs is 1. The van der Waals surface area contributed by atoms with Crippen LogP contribution < -0.4 is 10.0 Å². The second-order valence-electron chi connectivity index (χ2n) is 9.11. The largest absolute Gasteiger partial charge is 0.466 e. The molecule has 1 fully saturated rings. The molecule has 0 aliphatic carbocycles. The first-order chi connectivity index (χ1) is 17.3. The SMILES string of the molecule is CCOC(=O)[C@@H]1CCCN(C(=O)[C@@H](Cc2ccccc2)NS(=O)(=O)c2ccc3c(c2)CCC(=O)N3)C1. The Kier molecular flexibility index (Phi) is 8.05. The van der Waals surface area contributed by atoms with Crippen LogP contribution in [0.25, 0.3) is 0 Å². The number of nitrogens with zero attached hydrogens (tertiary/aromatic N) is 1. The fourth-order valence-corrected chi connectivity index (χ4v) is 5.90. The Labute approximate surface area is 211 Å². The number of hydrogen-bond donors (Lipinski definition) is 2. The molecular formula is C26H31N3O6S. The van der Waals surface area contributed by atoms with Crippen molar-refractivity contribution in [3.63, 3.8) is 0 Å². The first kappa shape index (κ1) is 25.8. The van der Waals surface area contributed by atoms with Crippen LogP contribution in [0.4, 0.5) is 5.69 Å². The number of aryl methyl sites for hydroxylation is 1. The Hall–Kier alpha value is -3.24. The summed E-state index contributed by atoms with van der Waals surface area (Å²) in [7, 11) is -4.05. The van der Waals surface area contributed by atoms with Gasteiger partial charge in [-0.3, -0.25) is 14.4 Å². The normalized spacial score (nSPS) is 18.6. The van der Waals surface area contributed by atoms with Crippen LogP contribution in [0.1, 0.15) is 37.3 Å². The number of piperidine rings is 1. The molecule has 2 aromatic rings. The van der Waals surface area contributed by atoms with E-state index in [9.17, 15) is 22.8 Å². The standard InChI is InChI=1S/C26H31N3O6S/c1-2-35-26(32)20-9-6-14-29(17-20)25(31)23(15-18-7-4-3-5-8-18)28-36(33,34)21-11-12-22-19(16-21)10-13-24(30)27-22/h3-5,7-8,11-12,16,20,23,28H,2,6,9-10,13-15,17H2,1H3,(H,27,30)/t20-,23-/m1/s1.